The zero-order valence-corrected chi connectivity index (χ0v) is 33.6. The third kappa shape index (κ3) is 5.80. The van der Waals surface area contributed by atoms with Gasteiger partial charge in [0.2, 0.25) is 0 Å². The van der Waals surface area contributed by atoms with E-state index >= 15 is 0 Å². The van der Waals surface area contributed by atoms with Crippen molar-refractivity contribution in [1.29, 1.82) is 0 Å². The zero-order valence-electron chi connectivity index (χ0n) is 33.6. The molecular formula is C58H37N3O. The molecule has 0 saturated heterocycles. The highest BCUT2D eigenvalue weighted by atomic mass is 16.5. The molecule has 1 spiro atoms. The lowest BCUT2D eigenvalue weighted by molar-refractivity contribution is 0.436. The van der Waals surface area contributed by atoms with Crippen molar-refractivity contribution in [2.45, 2.75) is 5.41 Å². The number of hydrogen-bond donors (Lipinski definition) is 0. The number of para-hydroxylation sites is 1. The van der Waals surface area contributed by atoms with Crippen molar-refractivity contribution in [2.24, 2.45) is 0 Å². The van der Waals surface area contributed by atoms with Gasteiger partial charge in [-0.2, -0.15) is 0 Å². The van der Waals surface area contributed by atoms with Crippen LogP contribution in [0.4, 0.5) is 0 Å². The summed E-state index contributed by atoms with van der Waals surface area (Å²) in [6.45, 7) is 0. The predicted octanol–water partition coefficient (Wildman–Crippen LogP) is 14.3. The summed E-state index contributed by atoms with van der Waals surface area (Å²) in [5.41, 5.74) is 16.4. The molecule has 1 aromatic heterocycles. The van der Waals surface area contributed by atoms with Crippen LogP contribution in [0.25, 0.3) is 78.7 Å². The van der Waals surface area contributed by atoms with Crippen LogP contribution in [0, 0.1) is 0 Å². The number of hydrogen-bond acceptors (Lipinski definition) is 4. The summed E-state index contributed by atoms with van der Waals surface area (Å²) in [6, 6.07) is 79.1. The Labute approximate surface area is 360 Å². The monoisotopic (exact) mass is 791 g/mol. The number of fused-ring (bicyclic) bond motifs is 9. The first-order valence-electron chi connectivity index (χ1n) is 21.0. The Morgan fingerprint density at radius 1 is 0.258 bits per heavy atom. The molecule has 0 atom stereocenters. The molecule has 62 heavy (non-hydrogen) atoms. The summed E-state index contributed by atoms with van der Waals surface area (Å²) in [4.78, 5) is 15.3. The summed E-state index contributed by atoms with van der Waals surface area (Å²) in [6.07, 6.45) is 0. The number of aromatic nitrogens is 3. The van der Waals surface area contributed by atoms with Crippen molar-refractivity contribution >= 4 is 0 Å². The number of ether oxygens (including phenoxy) is 1. The van der Waals surface area contributed by atoms with Crippen LogP contribution in [0.15, 0.2) is 224 Å². The highest BCUT2D eigenvalue weighted by Gasteiger charge is 2.51. The van der Waals surface area contributed by atoms with Gasteiger partial charge in [-0.05, 0) is 73.8 Å². The molecule has 4 nitrogen and oxygen atoms in total. The Morgan fingerprint density at radius 3 is 1.08 bits per heavy atom. The minimum atomic E-state index is -0.524. The number of benzene rings is 9. The van der Waals surface area contributed by atoms with E-state index < -0.39 is 5.41 Å². The Bertz CT molecular complexity index is 3140. The second kappa shape index (κ2) is 14.5. The first kappa shape index (κ1) is 35.7. The molecule has 9 aromatic carbocycles. The summed E-state index contributed by atoms with van der Waals surface area (Å²) in [7, 11) is 0. The van der Waals surface area contributed by atoms with E-state index in [4.69, 9.17) is 19.7 Å². The second-order valence-electron chi connectivity index (χ2n) is 15.9. The van der Waals surface area contributed by atoms with E-state index in [0.29, 0.717) is 17.5 Å². The molecule has 290 valence electrons. The molecule has 0 amide bonds. The van der Waals surface area contributed by atoms with Crippen LogP contribution in [0.1, 0.15) is 22.3 Å². The summed E-state index contributed by atoms with van der Waals surface area (Å²) in [5, 5.41) is 0. The molecular weight excluding hydrogens is 755 g/mol. The number of rotatable bonds is 6. The molecule has 10 aromatic rings. The van der Waals surface area contributed by atoms with Gasteiger partial charge in [-0.1, -0.05) is 206 Å². The maximum absolute atomic E-state index is 6.69. The fraction of sp³-hybridized carbons (Fsp3) is 0.0172. The molecule has 12 rings (SSSR count). The van der Waals surface area contributed by atoms with E-state index in [1.54, 1.807) is 0 Å². The van der Waals surface area contributed by atoms with Crippen LogP contribution in [-0.4, -0.2) is 15.0 Å². The van der Waals surface area contributed by atoms with Crippen LogP contribution in [0.5, 0.6) is 11.5 Å². The van der Waals surface area contributed by atoms with E-state index in [1.807, 2.05) is 12.1 Å². The Kier molecular flexibility index (Phi) is 8.36. The van der Waals surface area contributed by atoms with E-state index in [1.165, 1.54) is 33.4 Å². The van der Waals surface area contributed by atoms with Crippen LogP contribution in [0.2, 0.25) is 0 Å². The largest absolute Gasteiger partial charge is 0.457 e. The van der Waals surface area contributed by atoms with Gasteiger partial charge in [-0.25, -0.2) is 15.0 Å². The lowest BCUT2D eigenvalue weighted by Gasteiger charge is -2.39. The van der Waals surface area contributed by atoms with Gasteiger partial charge in [0.25, 0.3) is 0 Å². The Morgan fingerprint density at radius 2 is 0.597 bits per heavy atom. The molecule has 0 N–H and O–H groups in total. The van der Waals surface area contributed by atoms with Crippen LogP contribution >= 0.6 is 0 Å². The van der Waals surface area contributed by atoms with Crippen molar-refractivity contribution in [3.63, 3.8) is 0 Å². The third-order valence-electron chi connectivity index (χ3n) is 12.5. The highest BCUT2D eigenvalue weighted by Crippen LogP contribution is 2.62. The van der Waals surface area contributed by atoms with Crippen LogP contribution in [0.3, 0.4) is 0 Å². The smallest absolute Gasteiger partial charge is 0.164 e. The lowest BCUT2D eigenvalue weighted by atomic mass is 9.66. The molecule has 1 aliphatic heterocycles. The average Bonchev–Trinajstić information content (AvgIpc) is 3.65. The topological polar surface area (TPSA) is 47.9 Å². The quantitative estimate of drug-likeness (QED) is 0.168. The van der Waals surface area contributed by atoms with E-state index in [0.717, 1.165) is 61.6 Å². The van der Waals surface area contributed by atoms with E-state index in [-0.39, 0.29) is 0 Å². The maximum Gasteiger partial charge on any atom is 0.164 e. The van der Waals surface area contributed by atoms with Crippen LogP contribution < -0.4 is 4.74 Å². The summed E-state index contributed by atoms with van der Waals surface area (Å²) in [5.74, 6) is 3.62. The first-order valence-corrected chi connectivity index (χ1v) is 21.0. The van der Waals surface area contributed by atoms with Crippen molar-refractivity contribution < 1.29 is 4.74 Å². The predicted molar refractivity (Wildman–Crippen MR) is 250 cm³/mol. The van der Waals surface area contributed by atoms with Gasteiger partial charge < -0.3 is 4.74 Å². The van der Waals surface area contributed by atoms with Crippen molar-refractivity contribution in [1.82, 2.24) is 15.0 Å². The molecule has 1 aliphatic carbocycles. The van der Waals surface area contributed by atoms with Crippen molar-refractivity contribution in [2.75, 3.05) is 0 Å². The molecule has 4 heteroatoms. The Balaban J connectivity index is 0.948. The molecule has 2 heterocycles. The fourth-order valence-electron chi connectivity index (χ4n) is 9.50. The van der Waals surface area contributed by atoms with Gasteiger partial charge >= 0.3 is 0 Å². The standard InChI is InChI=1S/C58H37N3O/c1-3-13-38(14-4-1)40-23-29-43(30-24-40)55-59-56(44-31-25-41(26-32-44)39-15-5-2-6-16-39)61-57(60-55)45-33-27-42(28-34-45)46-35-36-54-52(37-46)58(51-21-11-12-22-53(51)62-54)49-19-9-7-17-47(49)48-18-8-10-20-50(48)58/h1-37H. The van der Waals surface area contributed by atoms with Gasteiger partial charge in [0.05, 0.1) is 5.41 Å². The van der Waals surface area contributed by atoms with Gasteiger partial charge in [0.15, 0.2) is 17.5 Å². The van der Waals surface area contributed by atoms with Gasteiger partial charge in [-0.3, -0.25) is 0 Å². The second-order valence-corrected chi connectivity index (χ2v) is 15.9. The average molecular weight is 792 g/mol. The summed E-state index contributed by atoms with van der Waals surface area (Å²) < 4.78 is 6.69. The molecule has 2 aliphatic rings. The minimum Gasteiger partial charge on any atom is -0.457 e. The highest BCUT2D eigenvalue weighted by molar-refractivity contribution is 5.89. The van der Waals surface area contributed by atoms with E-state index in [2.05, 4.69) is 212 Å². The first-order chi connectivity index (χ1) is 30.7. The summed E-state index contributed by atoms with van der Waals surface area (Å²) >= 11 is 0. The Hall–Kier alpha value is -8.21. The number of nitrogens with zero attached hydrogens (tertiary/aromatic N) is 3. The van der Waals surface area contributed by atoms with Crippen LogP contribution in [-0.2, 0) is 5.41 Å². The molecule has 0 fully saturated rings. The molecule has 0 unspecified atom stereocenters. The normalized spacial score (nSPS) is 12.8. The molecule has 0 bridgehead atoms. The molecule has 0 radical (unpaired) electrons. The third-order valence-corrected chi connectivity index (χ3v) is 12.5. The van der Waals surface area contributed by atoms with Gasteiger partial charge in [0.1, 0.15) is 11.5 Å². The lowest BCUT2D eigenvalue weighted by Crippen LogP contribution is -2.32. The SMILES string of the molecule is c1ccc(-c2ccc(-c3nc(-c4ccc(-c5ccccc5)cc4)nc(-c4ccc(-c5ccc6c(c5)C5(c7ccccc7O6)c6ccccc6-c6ccccc65)cc4)n3)cc2)cc1. The van der Waals surface area contributed by atoms with Gasteiger partial charge in [0, 0.05) is 27.8 Å². The van der Waals surface area contributed by atoms with E-state index in [9.17, 15) is 0 Å². The maximum atomic E-state index is 6.69. The zero-order chi connectivity index (χ0) is 41.0. The van der Waals surface area contributed by atoms with Gasteiger partial charge in [-0.15, -0.1) is 0 Å². The fourth-order valence-corrected chi connectivity index (χ4v) is 9.50. The minimum absolute atomic E-state index is 0.524. The van der Waals surface area contributed by atoms with Crippen molar-refractivity contribution in [3.8, 4) is 90.2 Å². The van der Waals surface area contributed by atoms with Crippen molar-refractivity contribution in [3.05, 3.63) is 247 Å². The molecule has 0 saturated carbocycles.